The molecule has 0 spiro atoms. The minimum atomic E-state index is 0. The first kappa shape index (κ1) is 16.7. The maximum atomic E-state index is 4.74. The molecule has 0 aliphatic heterocycles. The highest BCUT2D eigenvalue weighted by atomic mass is 35.5. The van der Waals surface area contributed by atoms with Crippen LogP contribution in [0.15, 0.2) is 60.7 Å². The highest BCUT2D eigenvalue weighted by molar-refractivity contribution is 5.85. The first-order valence-corrected chi connectivity index (χ1v) is 8.15. The van der Waals surface area contributed by atoms with Gasteiger partial charge in [-0.25, -0.2) is 0 Å². The van der Waals surface area contributed by atoms with Crippen LogP contribution in [0, 0.1) is 0 Å². The van der Waals surface area contributed by atoms with Crippen molar-refractivity contribution in [1.82, 2.24) is 20.3 Å². The van der Waals surface area contributed by atoms with Gasteiger partial charge in [0.2, 0.25) is 0 Å². The van der Waals surface area contributed by atoms with E-state index in [1.54, 1.807) is 0 Å². The Kier molecular flexibility index (Phi) is 5.28. The number of halogens is 1. The second kappa shape index (κ2) is 7.60. The first-order chi connectivity index (χ1) is 11.4. The summed E-state index contributed by atoms with van der Waals surface area (Å²) in [5, 5.41) is 13.0. The molecule has 0 amide bonds. The van der Waals surface area contributed by atoms with E-state index in [0.717, 1.165) is 23.5 Å². The summed E-state index contributed by atoms with van der Waals surface area (Å²) in [5.41, 5.74) is 4.34. The van der Waals surface area contributed by atoms with Gasteiger partial charge in [0.15, 0.2) is 0 Å². The van der Waals surface area contributed by atoms with E-state index in [1.807, 2.05) is 41.2 Å². The maximum Gasteiger partial charge on any atom is 0.117 e. The van der Waals surface area contributed by atoms with Gasteiger partial charge in [0.05, 0.1) is 6.54 Å². The molecule has 1 aliphatic carbocycles. The van der Waals surface area contributed by atoms with Crippen molar-refractivity contribution in [2.75, 3.05) is 0 Å². The molecule has 0 radical (unpaired) electrons. The first-order valence-electron chi connectivity index (χ1n) is 8.15. The highest BCUT2D eigenvalue weighted by Crippen LogP contribution is 2.23. The monoisotopic (exact) mass is 340 g/mol. The molecule has 24 heavy (non-hydrogen) atoms. The lowest BCUT2D eigenvalue weighted by molar-refractivity contribution is 0.576. The standard InChI is InChI=1S/C19H20N4.ClH/c1-3-7-15(8-4-1)14-23-21-18(13-20-17-11-12-17)19(22-23)16-9-5-2-6-10-16;/h1-10,17,20H,11-14H2;1H. The van der Waals surface area contributed by atoms with Crippen LogP contribution in [0.2, 0.25) is 0 Å². The molecule has 0 saturated heterocycles. The fourth-order valence-corrected chi connectivity index (χ4v) is 2.67. The van der Waals surface area contributed by atoms with E-state index in [1.165, 1.54) is 18.4 Å². The molecule has 0 bridgehead atoms. The summed E-state index contributed by atoms with van der Waals surface area (Å²) in [4.78, 5) is 1.81. The van der Waals surface area contributed by atoms with Crippen molar-refractivity contribution in [3.63, 3.8) is 0 Å². The highest BCUT2D eigenvalue weighted by Gasteiger charge is 2.22. The fraction of sp³-hybridized carbons (Fsp3) is 0.263. The molecule has 1 aromatic heterocycles. The van der Waals surface area contributed by atoms with Crippen LogP contribution in [0.1, 0.15) is 24.1 Å². The fourth-order valence-electron chi connectivity index (χ4n) is 2.67. The number of nitrogens with zero attached hydrogens (tertiary/aromatic N) is 3. The number of aromatic nitrogens is 3. The van der Waals surface area contributed by atoms with Crippen LogP contribution in [0.25, 0.3) is 11.3 Å². The zero-order valence-corrected chi connectivity index (χ0v) is 14.2. The van der Waals surface area contributed by atoms with Gasteiger partial charge in [-0.2, -0.15) is 15.0 Å². The van der Waals surface area contributed by atoms with E-state index in [4.69, 9.17) is 10.2 Å². The second-order valence-electron chi connectivity index (χ2n) is 6.03. The normalized spacial score (nSPS) is 13.5. The molecule has 124 valence electrons. The molecule has 1 aliphatic rings. The maximum absolute atomic E-state index is 4.74. The zero-order valence-electron chi connectivity index (χ0n) is 13.4. The SMILES string of the molecule is Cl.c1ccc(Cn2nc(CNC3CC3)c(-c3ccccc3)n2)cc1. The van der Waals surface area contributed by atoms with Gasteiger partial charge in [-0.05, 0) is 18.4 Å². The van der Waals surface area contributed by atoms with Crippen molar-refractivity contribution in [3.05, 3.63) is 71.9 Å². The Morgan fingerprint density at radius 1 is 0.917 bits per heavy atom. The Bertz CT molecular complexity index is 767. The van der Waals surface area contributed by atoms with Gasteiger partial charge in [0.1, 0.15) is 11.4 Å². The van der Waals surface area contributed by atoms with E-state index >= 15 is 0 Å². The average Bonchev–Trinajstić information content (AvgIpc) is 3.35. The van der Waals surface area contributed by atoms with Gasteiger partial charge in [0, 0.05) is 18.2 Å². The van der Waals surface area contributed by atoms with Crippen molar-refractivity contribution in [2.24, 2.45) is 0 Å². The lowest BCUT2D eigenvalue weighted by atomic mass is 10.1. The van der Waals surface area contributed by atoms with Crippen LogP contribution in [0.4, 0.5) is 0 Å². The van der Waals surface area contributed by atoms with Crippen LogP contribution >= 0.6 is 12.4 Å². The van der Waals surface area contributed by atoms with Gasteiger partial charge in [-0.1, -0.05) is 60.7 Å². The Balaban J connectivity index is 0.00000169. The van der Waals surface area contributed by atoms with Crippen molar-refractivity contribution >= 4 is 12.4 Å². The molecule has 3 aromatic rings. The molecule has 1 N–H and O–H groups in total. The van der Waals surface area contributed by atoms with Gasteiger partial charge in [-0.3, -0.25) is 0 Å². The minimum absolute atomic E-state index is 0. The van der Waals surface area contributed by atoms with Crippen LogP contribution in [-0.4, -0.2) is 21.0 Å². The van der Waals surface area contributed by atoms with Crippen LogP contribution in [0.5, 0.6) is 0 Å². The molecule has 5 heteroatoms. The molecule has 1 saturated carbocycles. The number of nitrogens with one attached hydrogen (secondary N) is 1. The number of hydrogen-bond donors (Lipinski definition) is 1. The molecule has 4 nitrogen and oxygen atoms in total. The predicted octanol–water partition coefficient (Wildman–Crippen LogP) is 3.67. The van der Waals surface area contributed by atoms with E-state index < -0.39 is 0 Å². The topological polar surface area (TPSA) is 42.7 Å². The summed E-state index contributed by atoms with van der Waals surface area (Å²) in [6.07, 6.45) is 2.55. The van der Waals surface area contributed by atoms with Gasteiger partial charge in [0.25, 0.3) is 0 Å². The third kappa shape index (κ3) is 4.02. The molecule has 2 aromatic carbocycles. The minimum Gasteiger partial charge on any atom is -0.308 e. The smallest absolute Gasteiger partial charge is 0.117 e. The summed E-state index contributed by atoms with van der Waals surface area (Å²) < 4.78 is 0. The second-order valence-corrected chi connectivity index (χ2v) is 6.03. The zero-order chi connectivity index (χ0) is 15.5. The van der Waals surface area contributed by atoms with Crippen LogP contribution < -0.4 is 5.32 Å². The Morgan fingerprint density at radius 3 is 2.25 bits per heavy atom. The van der Waals surface area contributed by atoms with Crippen molar-refractivity contribution in [2.45, 2.75) is 32.0 Å². The quantitative estimate of drug-likeness (QED) is 0.744. The average molecular weight is 341 g/mol. The third-order valence-corrected chi connectivity index (χ3v) is 4.07. The molecular weight excluding hydrogens is 320 g/mol. The van der Waals surface area contributed by atoms with Crippen molar-refractivity contribution in [3.8, 4) is 11.3 Å². The summed E-state index contributed by atoms with van der Waals surface area (Å²) >= 11 is 0. The molecule has 1 fully saturated rings. The summed E-state index contributed by atoms with van der Waals surface area (Å²) in [7, 11) is 0. The molecule has 0 unspecified atom stereocenters. The summed E-state index contributed by atoms with van der Waals surface area (Å²) in [6, 6.07) is 21.3. The number of rotatable bonds is 6. The van der Waals surface area contributed by atoms with Crippen molar-refractivity contribution < 1.29 is 0 Å². The van der Waals surface area contributed by atoms with Gasteiger partial charge >= 0.3 is 0 Å². The Labute approximate surface area is 148 Å². The van der Waals surface area contributed by atoms with E-state index in [-0.39, 0.29) is 12.4 Å². The van der Waals surface area contributed by atoms with Crippen LogP contribution in [0.3, 0.4) is 0 Å². The van der Waals surface area contributed by atoms with E-state index in [2.05, 4.69) is 29.6 Å². The lowest BCUT2D eigenvalue weighted by Gasteiger charge is -2.01. The van der Waals surface area contributed by atoms with Crippen LogP contribution in [-0.2, 0) is 13.1 Å². The largest absolute Gasteiger partial charge is 0.308 e. The summed E-state index contributed by atoms with van der Waals surface area (Å²) in [6.45, 7) is 1.48. The summed E-state index contributed by atoms with van der Waals surface area (Å²) in [5.74, 6) is 0. The third-order valence-electron chi connectivity index (χ3n) is 4.07. The van der Waals surface area contributed by atoms with Gasteiger partial charge < -0.3 is 5.32 Å². The predicted molar refractivity (Wildman–Crippen MR) is 98.1 cm³/mol. The van der Waals surface area contributed by atoms with Crippen molar-refractivity contribution in [1.29, 1.82) is 0 Å². The lowest BCUT2D eigenvalue weighted by Crippen LogP contribution is -2.16. The Morgan fingerprint density at radius 2 is 1.58 bits per heavy atom. The molecule has 4 rings (SSSR count). The number of hydrogen-bond acceptors (Lipinski definition) is 3. The molecule has 1 heterocycles. The number of benzene rings is 2. The Hall–Kier alpha value is -2.17. The van der Waals surface area contributed by atoms with E-state index in [9.17, 15) is 0 Å². The van der Waals surface area contributed by atoms with E-state index in [0.29, 0.717) is 12.6 Å². The van der Waals surface area contributed by atoms with Gasteiger partial charge in [-0.15, -0.1) is 12.4 Å². The molecule has 0 atom stereocenters. The molecular formula is C19H21ClN4.